The summed E-state index contributed by atoms with van der Waals surface area (Å²) >= 11 is 0. The summed E-state index contributed by atoms with van der Waals surface area (Å²) in [6, 6.07) is 0. The molecule has 53 heavy (non-hydrogen) atoms. The predicted molar refractivity (Wildman–Crippen MR) is 219 cm³/mol. The van der Waals surface area contributed by atoms with Gasteiger partial charge in [-0.2, -0.15) is 0 Å². The SMILES string of the molecule is CC/C=C\C/C=C\C/C=C\C/C=C\CCCCCCCCCCCOCC(COP(=O)(O)OCC(O)CO)OC(=O)CCCCCCC/C=C\CCC. The summed E-state index contributed by atoms with van der Waals surface area (Å²) in [6.45, 7) is 3.30. The largest absolute Gasteiger partial charge is 0.472 e. The summed E-state index contributed by atoms with van der Waals surface area (Å²) in [5.74, 6) is -0.399. The summed E-state index contributed by atoms with van der Waals surface area (Å²) < 4.78 is 33.3. The van der Waals surface area contributed by atoms with Crippen LogP contribution in [-0.4, -0.2) is 66.3 Å². The minimum atomic E-state index is -4.52. The lowest BCUT2D eigenvalue weighted by Crippen LogP contribution is -2.29. The highest BCUT2D eigenvalue weighted by molar-refractivity contribution is 7.47. The van der Waals surface area contributed by atoms with E-state index in [2.05, 4.69) is 74.6 Å². The van der Waals surface area contributed by atoms with Crippen LogP contribution in [0.25, 0.3) is 0 Å². The van der Waals surface area contributed by atoms with Crippen molar-refractivity contribution in [3.05, 3.63) is 60.8 Å². The van der Waals surface area contributed by atoms with E-state index >= 15 is 0 Å². The van der Waals surface area contributed by atoms with Crippen molar-refractivity contribution in [2.24, 2.45) is 0 Å². The molecular weight excluding hydrogens is 691 g/mol. The molecule has 3 atom stereocenters. The predicted octanol–water partition coefficient (Wildman–Crippen LogP) is 11.2. The van der Waals surface area contributed by atoms with E-state index in [1.54, 1.807) is 0 Å². The summed E-state index contributed by atoms with van der Waals surface area (Å²) in [5.41, 5.74) is 0. The molecule has 0 aliphatic carbocycles. The Morgan fingerprint density at radius 3 is 1.64 bits per heavy atom. The fourth-order valence-electron chi connectivity index (χ4n) is 5.29. The van der Waals surface area contributed by atoms with E-state index < -0.39 is 39.2 Å². The molecule has 0 heterocycles. The molecule has 10 heteroatoms. The monoisotopic (exact) mass is 769 g/mol. The first-order valence-corrected chi connectivity index (χ1v) is 22.3. The number of esters is 1. The number of hydrogen-bond donors (Lipinski definition) is 3. The van der Waals surface area contributed by atoms with E-state index in [0.29, 0.717) is 13.0 Å². The molecule has 308 valence electrons. The lowest BCUT2D eigenvalue weighted by atomic mass is 10.1. The molecular formula is C43H77O9P. The standard InChI is InChI=1S/C43H77O9P/c1-3-5-7-9-11-13-15-16-17-18-19-20-21-22-23-24-25-26-28-30-32-34-36-49-39-42(40-51-53(47,48)50-38-41(45)37-44)52-43(46)35-33-31-29-27-14-12-10-8-6-4-2/h5,7-8,10-11,13,16-17,19-20,41-42,44-45H,3-4,6,9,12,14-15,18,21-40H2,1-2H3,(H,47,48)/b7-5-,10-8-,13-11-,17-16-,20-19-. The number of phosphoric ester groups is 1. The summed E-state index contributed by atoms with van der Waals surface area (Å²) in [4.78, 5) is 22.5. The Hall–Kier alpha value is -1.84. The molecule has 0 aliphatic rings. The molecule has 0 aromatic rings. The molecule has 3 N–H and O–H groups in total. The first-order chi connectivity index (χ1) is 25.8. The zero-order valence-electron chi connectivity index (χ0n) is 33.5. The van der Waals surface area contributed by atoms with E-state index in [-0.39, 0.29) is 19.6 Å². The second-order valence-corrected chi connectivity index (χ2v) is 15.1. The third kappa shape index (κ3) is 39.7. The maximum Gasteiger partial charge on any atom is 0.472 e. The van der Waals surface area contributed by atoms with Gasteiger partial charge in [0.1, 0.15) is 12.2 Å². The van der Waals surface area contributed by atoms with Crippen LogP contribution in [0.2, 0.25) is 0 Å². The molecule has 0 fully saturated rings. The van der Waals surface area contributed by atoms with E-state index in [1.165, 1.54) is 44.9 Å². The maximum absolute atomic E-state index is 12.5. The second-order valence-electron chi connectivity index (χ2n) is 13.6. The summed E-state index contributed by atoms with van der Waals surface area (Å²) in [7, 11) is -4.52. The van der Waals surface area contributed by atoms with Gasteiger partial charge in [-0.3, -0.25) is 13.8 Å². The number of carbonyl (C=O) groups excluding carboxylic acids is 1. The van der Waals surface area contributed by atoms with Crippen LogP contribution in [0.5, 0.6) is 0 Å². The van der Waals surface area contributed by atoms with Crippen molar-refractivity contribution in [3.63, 3.8) is 0 Å². The highest BCUT2D eigenvalue weighted by Crippen LogP contribution is 2.43. The van der Waals surface area contributed by atoms with Gasteiger partial charge in [-0.1, -0.05) is 145 Å². The van der Waals surface area contributed by atoms with Crippen LogP contribution in [0, 0.1) is 0 Å². The number of carbonyl (C=O) groups is 1. The van der Waals surface area contributed by atoms with Crippen molar-refractivity contribution in [1.82, 2.24) is 0 Å². The van der Waals surface area contributed by atoms with Crippen molar-refractivity contribution in [3.8, 4) is 0 Å². The fraction of sp³-hybridized carbons (Fsp3) is 0.744. The van der Waals surface area contributed by atoms with Crippen LogP contribution in [-0.2, 0) is 27.9 Å². The number of rotatable bonds is 39. The zero-order chi connectivity index (χ0) is 38.9. The van der Waals surface area contributed by atoms with E-state index in [4.69, 9.17) is 23.6 Å². The van der Waals surface area contributed by atoms with Crippen molar-refractivity contribution in [2.75, 3.05) is 33.0 Å². The Kier molecular flexibility index (Phi) is 38.5. The van der Waals surface area contributed by atoms with Gasteiger partial charge in [0.2, 0.25) is 0 Å². The Labute approximate surface area is 323 Å². The van der Waals surface area contributed by atoms with Crippen LogP contribution in [0.4, 0.5) is 0 Å². The van der Waals surface area contributed by atoms with Gasteiger partial charge < -0.3 is 24.6 Å². The van der Waals surface area contributed by atoms with Crippen molar-refractivity contribution in [2.45, 2.75) is 174 Å². The van der Waals surface area contributed by atoms with E-state index in [9.17, 15) is 19.4 Å². The van der Waals surface area contributed by atoms with Crippen LogP contribution < -0.4 is 0 Å². The number of aliphatic hydroxyl groups is 2. The van der Waals surface area contributed by atoms with Gasteiger partial charge in [-0.25, -0.2) is 4.57 Å². The molecule has 0 rings (SSSR count). The van der Waals surface area contributed by atoms with E-state index in [0.717, 1.165) is 89.9 Å². The third-order valence-electron chi connectivity index (χ3n) is 8.42. The molecule has 0 amide bonds. The lowest BCUT2D eigenvalue weighted by molar-refractivity contribution is -0.154. The number of phosphoric acid groups is 1. The first kappa shape index (κ1) is 51.2. The Balaban J connectivity index is 4.11. The van der Waals surface area contributed by atoms with Gasteiger partial charge in [-0.15, -0.1) is 0 Å². The van der Waals surface area contributed by atoms with Crippen molar-refractivity contribution >= 4 is 13.8 Å². The fourth-order valence-corrected chi connectivity index (χ4v) is 6.08. The number of ether oxygens (including phenoxy) is 2. The van der Waals surface area contributed by atoms with Crippen LogP contribution in [0.15, 0.2) is 60.8 Å². The Morgan fingerprint density at radius 1 is 0.604 bits per heavy atom. The smallest absolute Gasteiger partial charge is 0.457 e. The van der Waals surface area contributed by atoms with Crippen molar-refractivity contribution in [1.29, 1.82) is 0 Å². The second kappa shape index (κ2) is 39.8. The lowest BCUT2D eigenvalue weighted by Gasteiger charge is -2.20. The number of unbranched alkanes of at least 4 members (excludes halogenated alkanes) is 15. The molecule has 0 saturated heterocycles. The first-order valence-electron chi connectivity index (χ1n) is 20.8. The van der Waals surface area contributed by atoms with E-state index in [1.807, 2.05) is 0 Å². The number of hydrogen-bond acceptors (Lipinski definition) is 8. The van der Waals surface area contributed by atoms with Gasteiger partial charge in [0.15, 0.2) is 0 Å². The molecule has 0 spiro atoms. The van der Waals surface area contributed by atoms with Gasteiger partial charge in [0.25, 0.3) is 0 Å². The topological polar surface area (TPSA) is 132 Å². The normalized spacial score (nSPS) is 14.7. The zero-order valence-corrected chi connectivity index (χ0v) is 34.4. The molecule has 0 radical (unpaired) electrons. The van der Waals surface area contributed by atoms with Crippen molar-refractivity contribution < 1.29 is 43.0 Å². The Morgan fingerprint density at radius 2 is 1.08 bits per heavy atom. The number of allylic oxidation sites excluding steroid dienone is 10. The molecule has 0 saturated carbocycles. The highest BCUT2D eigenvalue weighted by atomic mass is 31.2. The average molecular weight is 769 g/mol. The van der Waals surface area contributed by atoms with Gasteiger partial charge in [-0.05, 0) is 70.6 Å². The molecule has 0 aliphatic heterocycles. The quantitative estimate of drug-likeness (QED) is 0.0242. The van der Waals surface area contributed by atoms with Gasteiger partial charge in [0, 0.05) is 13.0 Å². The third-order valence-corrected chi connectivity index (χ3v) is 9.37. The minimum absolute atomic E-state index is 0.0392. The van der Waals surface area contributed by atoms with Gasteiger partial charge in [0.05, 0.1) is 26.4 Å². The molecule has 9 nitrogen and oxygen atoms in total. The molecule has 0 aromatic heterocycles. The summed E-state index contributed by atoms with van der Waals surface area (Å²) in [5, 5.41) is 18.3. The summed E-state index contributed by atoms with van der Waals surface area (Å²) in [6.07, 6.45) is 44.7. The molecule has 0 aromatic carbocycles. The molecule has 3 unspecified atom stereocenters. The van der Waals surface area contributed by atoms with Crippen LogP contribution in [0.1, 0.15) is 162 Å². The minimum Gasteiger partial charge on any atom is -0.457 e. The molecule has 0 bridgehead atoms. The average Bonchev–Trinajstić information content (AvgIpc) is 3.15. The maximum atomic E-state index is 12.5. The highest BCUT2D eigenvalue weighted by Gasteiger charge is 2.26. The number of aliphatic hydroxyl groups excluding tert-OH is 2. The Bertz CT molecular complexity index is 1010. The van der Waals surface area contributed by atoms with Crippen LogP contribution in [0.3, 0.4) is 0 Å². The van der Waals surface area contributed by atoms with Crippen LogP contribution >= 0.6 is 7.82 Å². The van der Waals surface area contributed by atoms with Gasteiger partial charge >= 0.3 is 13.8 Å².